The molecular formula is C17H11F2O4S-. The minimum atomic E-state index is -2.40. The third kappa shape index (κ3) is 3.27. The fourth-order valence-corrected chi connectivity index (χ4v) is 3.01. The van der Waals surface area contributed by atoms with Gasteiger partial charge in [0.15, 0.2) is 0 Å². The summed E-state index contributed by atoms with van der Waals surface area (Å²) in [7, 11) is 0. The van der Waals surface area contributed by atoms with Crippen LogP contribution in [-0.4, -0.2) is 21.3 Å². The summed E-state index contributed by atoms with van der Waals surface area (Å²) in [5.41, 5.74) is 1.65. The predicted molar refractivity (Wildman–Crippen MR) is 83.2 cm³/mol. The number of hydrogen-bond acceptors (Lipinski definition) is 4. The van der Waals surface area contributed by atoms with Crippen molar-refractivity contribution < 1.29 is 27.1 Å². The molecule has 0 aliphatic carbocycles. The number of cyclic esters (lactones) is 1. The van der Waals surface area contributed by atoms with E-state index in [1.54, 1.807) is 0 Å². The highest BCUT2D eigenvalue weighted by Gasteiger charge is 2.27. The minimum absolute atomic E-state index is 0.0299. The first-order valence-corrected chi connectivity index (χ1v) is 8.21. The van der Waals surface area contributed by atoms with Gasteiger partial charge in [-0.1, -0.05) is 35.3 Å². The van der Waals surface area contributed by atoms with Gasteiger partial charge in [-0.15, -0.1) is 0 Å². The van der Waals surface area contributed by atoms with E-state index in [1.807, 2.05) is 0 Å². The Morgan fingerprint density at radius 2 is 1.75 bits per heavy atom. The van der Waals surface area contributed by atoms with Gasteiger partial charge in [-0.05, 0) is 34.9 Å². The van der Waals surface area contributed by atoms with Crippen molar-refractivity contribution in [3.63, 3.8) is 0 Å². The van der Waals surface area contributed by atoms with E-state index in [0.29, 0.717) is 16.7 Å². The molecule has 0 bridgehead atoms. The molecule has 0 spiro atoms. The molecular weight excluding hydrogens is 338 g/mol. The number of ether oxygens (including phenoxy) is 1. The smallest absolute Gasteiger partial charge is 0.339 e. The van der Waals surface area contributed by atoms with Gasteiger partial charge >= 0.3 is 5.97 Å². The van der Waals surface area contributed by atoms with Crippen LogP contribution in [0.15, 0.2) is 42.5 Å². The quantitative estimate of drug-likeness (QED) is 0.629. The Morgan fingerprint density at radius 3 is 2.38 bits per heavy atom. The molecule has 124 valence electrons. The van der Waals surface area contributed by atoms with Crippen LogP contribution in [0.4, 0.5) is 8.78 Å². The molecule has 1 atom stereocenters. The van der Waals surface area contributed by atoms with E-state index in [4.69, 9.17) is 4.74 Å². The van der Waals surface area contributed by atoms with Crippen LogP contribution in [0.5, 0.6) is 0 Å². The molecule has 0 saturated heterocycles. The first-order chi connectivity index (χ1) is 11.5. The molecule has 1 heterocycles. The maximum absolute atomic E-state index is 14.1. The van der Waals surface area contributed by atoms with Gasteiger partial charge in [-0.3, -0.25) is 4.21 Å². The Hall–Kier alpha value is -2.38. The highest BCUT2D eigenvalue weighted by Crippen LogP contribution is 2.33. The van der Waals surface area contributed by atoms with E-state index in [0.717, 1.165) is 0 Å². The topological polar surface area (TPSA) is 66.4 Å². The SMILES string of the molecule is O=C1OCC(c2ccc(CS(=O)[O-])c(F)c2)=C1c1ccc(F)cc1. The van der Waals surface area contributed by atoms with Crippen LogP contribution in [0, 0.1) is 11.6 Å². The average molecular weight is 349 g/mol. The Kier molecular flexibility index (Phi) is 4.55. The van der Waals surface area contributed by atoms with Gasteiger partial charge in [0.2, 0.25) is 0 Å². The van der Waals surface area contributed by atoms with Gasteiger partial charge in [-0.25, -0.2) is 13.6 Å². The Balaban J connectivity index is 2.05. The van der Waals surface area contributed by atoms with Crippen LogP contribution >= 0.6 is 0 Å². The van der Waals surface area contributed by atoms with Gasteiger partial charge in [0.25, 0.3) is 0 Å². The van der Waals surface area contributed by atoms with Crippen molar-refractivity contribution in [2.75, 3.05) is 6.61 Å². The summed E-state index contributed by atoms with van der Waals surface area (Å²) >= 11 is -2.40. The van der Waals surface area contributed by atoms with E-state index >= 15 is 0 Å². The van der Waals surface area contributed by atoms with E-state index in [-0.39, 0.29) is 17.7 Å². The summed E-state index contributed by atoms with van der Waals surface area (Å²) in [5, 5.41) is 0. The van der Waals surface area contributed by atoms with Crippen molar-refractivity contribution in [3.05, 3.63) is 70.8 Å². The van der Waals surface area contributed by atoms with Crippen LogP contribution in [0.3, 0.4) is 0 Å². The van der Waals surface area contributed by atoms with Crippen LogP contribution < -0.4 is 0 Å². The van der Waals surface area contributed by atoms with Crippen LogP contribution in [0.1, 0.15) is 16.7 Å². The van der Waals surface area contributed by atoms with Gasteiger partial charge in [0.1, 0.15) is 18.2 Å². The van der Waals surface area contributed by atoms with E-state index in [9.17, 15) is 22.3 Å². The van der Waals surface area contributed by atoms with Crippen LogP contribution in [0.2, 0.25) is 0 Å². The summed E-state index contributed by atoms with van der Waals surface area (Å²) in [5.74, 6) is -2.11. The fourth-order valence-electron chi connectivity index (χ4n) is 2.52. The summed E-state index contributed by atoms with van der Waals surface area (Å²) in [6.07, 6.45) is 0. The maximum Gasteiger partial charge on any atom is 0.339 e. The number of hydrogen-bond donors (Lipinski definition) is 0. The number of rotatable bonds is 4. The standard InChI is InChI=1S/C17H12F2O4S/c18-13-5-3-10(4-6-13)16-14(8-23-17(16)20)11-1-2-12(9-24(21)22)15(19)7-11/h1-7H,8-9H2,(H,21,22)/p-1. The Labute approximate surface area is 139 Å². The third-order valence-electron chi connectivity index (χ3n) is 3.66. The Bertz CT molecular complexity index is 859. The van der Waals surface area contributed by atoms with Crippen molar-refractivity contribution in [1.29, 1.82) is 0 Å². The second-order valence-corrected chi connectivity index (χ2v) is 6.09. The molecule has 3 rings (SSSR count). The van der Waals surface area contributed by atoms with E-state index in [2.05, 4.69) is 0 Å². The molecule has 0 aromatic heterocycles. The molecule has 0 N–H and O–H groups in total. The molecule has 1 aliphatic rings. The van der Waals surface area contributed by atoms with Crippen LogP contribution in [0.25, 0.3) is 11.1 Å². The predicted octanol–water partition coefficient (Wildman–Crippen LogP) is 2.81. The highest BCUT2D eigenvalue weighted by atomic mass is 32.2. The number of esters is 1. The third-order valence-corrected chi connectivity index (χ3v) is 4.21. The van der Waals surface area contributed by atoms with Crippen molar-refractivity contribution in [1.82, 2.24) is 0 Å². The second-order valence-electron chi connectivity index (χ2n) is 5.19. The second kappa shape index (κ2) is 6.62. The van der Waals surface area contributed by atoms with Crippen molar-refractivity contribution in [3.8, 4) is 0 Å². The first-order valence-electron chi connectivity index (χ1n) is 6.96. The van der Waals surface area contributed by atoms with Gasteiger partial charge < -0.3 is 9.29 Å². The van der Waals surface area contributed by atoms with Gasteiger partial charge in [0.05, 0.1) is 5.57 Å². The minimum Gasteiger partial charge on any atom is -0.772 e. The average Bonchev–Trinajstić information content (AvgIpc) is 2.91. The number of carbonyl (C=O) groups excluding carboxylic acids is 1. The normalized spacial score (nSPS) is 15.5. The molecule has 2 aromatic carbocycles. The van der Waals surface area contributed by atoms with Crippen molar-refractivity contribution in [2.45, 2.75) is 5.75 Å². The van der Waals surface area contributed by atoms with Crippen molar-refractivity contribution in [2.24, 2.45) is 0 Å². The highest BCUT2D eigenvalue weighted by molar-refractivity contribution is 7.78. The molecule has 2 aromatic rings. The molecule has 24 heavy (non-hydrogen) atoms. The zero-order valence-corrected chi connectivity index (χ0v) is 13.1. The number of halogens is 2. The molecule has 0 radical (unpaired) electrons. The summed E-state index contributed by atoms with van der Waals surface area (Å²) in [4.78, 5) is 12.0. The lowest BCUT2D eigenvalue weighted by molar-refractivity contribution is -0.133. The number of benzene rings is 2. The monoisotopic (exact) mass is 349 g/mol. The molecule has 0 fully saturated rings. The molecule has 0 saturated carbocycles. The molecule has 0 amide bonds. The lowest BCUT2D eigenvalue weighted by Gasteiger charge is -2.09. The molecule has 4 nitrogen and oxygen atoms in total. The summed E-state index contributed by atoms with van der Waals surface area (Å²) in [6.45, 7) is -0.0299. The lowest BCUT2D eigenvalue weighted by Crippen LogP contribution is -1.99. The van der Waals surface area contributed by atoms with Crippen molar-refractivity contribution >= 4 is 28.2 Å². The zero-order chi connectivity index (χ0) is 17.3. The Morgan fingerprint density at radius 1 is 1.08 bits per heavy atom. The molecule has 7 heteroatoms. The number of carbonyl (C=O) groups is 1. The summed E-state index contributed by atoms with van der Waals surface area (Å²) < 4.78 is 53.6. The molecule has 1 aliphatic heterocycles. The lowest BCUT2D eigenvalue weighted by atomic mass is 9.96. The maximum atomic E-state index is 14.1. The van der Waals surface area contributed by atoms with E-state index in [1.165, 1.54) is 42.5 Å². The molecule has 1 unspecified atom stereocenters. The summed E-state index contributed by atoms with van der Waals surface area (Å²) in [6, 6.07) is 9.40. The van der Waals surface area contributed by atoms with Gasteiger partial charge in [0, 0.05) is 11.3 Å². The van der Waals surface area contributed by atoms with Gasteiger partial charge in [-0.2, -0.15) is 0 Å². The van der Waals surface area contributed by atoms with E-state index < -0.39 is 34.4 Å². The largest absolute Gasteiger partial charge is 0.772 e. The fraction of sp³-hybridized carbons (Fsp3) is 0.118. The first kappa shape index (κ1) is 16.5. The van der Waals surface area contributed by atoms with Crippen LogP contribution in [-0.2, 0) is 26.4 Å². The zero-order valence-electron chi connectivity index (χ0n) is 12.3.